The summed E-state index contributed by atoms with van der Waals surface area (Å²) in [7, 11) is 1.67. The van der Waals surface area contributed by atoms with Gasteiger partial charge in [0.25, 0.3) is 5.91 Å². The van der Waals surface area contributed by atoms with Crippen LogP contribution in [0.3, 0.4) is 0 Å². The molecule has 6 nitrogen and oxygen atoms in total. The number of amides is 2. The molecule has 2 aromatic rings. The Morgan fingerprint density at radius 3 is 2.78 bits per heavy atom. The predicted octanol–water partition coefficient (Wildman–Crippen LogP) is 2.85. The highest BCUT2D eigenvalue weighted by atomic mass is 32.2. The van der Waals surface area contributed by atoms with Gasteiger partial charge in [-0.2, -0.15) is 0 Å². The molecule has 0 unspecified atom stereocenters. The van der Waals surface area contributed by atoms with Gasteiger partial charge in [-0.3, -0.25) is 9.59 Å². The van der Waals surface area contributed by atoms with E-state index in [2.05, 4.69) is 5.32 Å². The van der Waals surface area contributed by atoms with Gasteiger partial charge in [-0.05, 0) is 36.2 Å². The molecular weight excluding hydrogens is 364 g/mol. The average Bonchev–Trinajstić information content (AvgIpc) is 2.66. The van der Waals surface area contributed by atoms with Crippen molar-refractivity contribution >= 4 is 35.2 Å². The molecule has 0 spiro atoms. The highest BCUT2D eigenvalue weighted by Crippen LogP contribution is 2.32. The van der Waals surface area contributed by atoms with Gasteiger partial charge < -0.3 is 15.0 Å². The van der Waals surface area contributed by atoms with E-state index in [0.717, 1.165) is 16.0 Å². The van der Waals surface area contributed by atoms with E-state index in [-0.39, 0.29) is 18.4 Å². The second-order valence-electron chi connectivity index (χ2n) is 6.30. The number of carbonyl (C=O) groups excluding carboxylic acids is 3. The number of hydrogen-bond acceptors (Lipinski definition) is 5. The molecule has 0 fully saturated rings. The number of esters is 1. The lowest BCUT2D eigenvalue weighted by Gasteiger charge is -2.19. The number of anilines is 1. The molecule has 2 amide bonds. The summed E-state index contributed by atoms with van der Waals surface area (Å²) in [5.41, 5.74) is 3.03. The number of carbonyl (C=O) groups is 3. The third kappa shape index (κ3) is 4.68. The van der Waals surface area contributed by atoms with Crippen LogP contribution in [0.5, 0.6) is 0 Å². The van der Waals surface area contributed by atoms with E-state index in [9.17, 15) is 14.4 Å². The molecule has 0 saturated carbocycles. The number of benzene rings is 2. The molecule has 0 atom stereocenters. The van der Waals surface area contributed by atoms with Crippen molar-refractivity contribution in [1.82, 2.24) is 4.90 Å². The Bertz CT molecular complexity index is 897. The molecule has 1 N–H and O–H groups in total. The number of nitrogens with one attached hydrogen (secondary N) is 1. The van der Waals surface area contributed by atoms with Crippen LogP contribution < -0.4 is 5.32 Å². The molecule has 2 aromatic carbocycles. The zero-order valence-corrected chi connectivity index (χ0v) is 16.0. The maximum Gasteiger partial charge on any atom is 0.338 e. The average molecular weight is 384 g/mol. The number of hydrogen-bond donors (Lipinski definition) is 1. The molecule has 0 aliphatic carbocycles. The highest BCUT2D eigenvalue weighted by Gasteiger charge is 2.19. The van der Waals surface area contributed by atoms with Crippen molar-refractivity contribution in [1.29, 1.82) is 0 Å². The summed E-state index contributed by atoms with van der Waals surface area (Å²) in [4.78, 5) is 38.4. The van der Waals surface area contributed by atoms with E-state index in [0.29, 0.717) is 23.5 Å². The fourth-order valence-electron chi connectivity index (χ4n) is 2.66. The summed E-state index contributed by atoms with van der Waals surface area (Å²) in [6, 6.07) is 12.8. The van der Waals surface area contributed by atoms with Gasteiger partial charge in [0.15, 0.2) is 6.61 Å². The van der Waals surface area contributed by atoms with E-state index in [1.165, 1.54) is 16.7 Å². The number of likely N-dealkylation sites (N-methyl/N-ethyl adjacent to an activating group) is 1. The van der Waals surface area contributed by atoms with Gasteiger partial charge in [0.2, 0.25) is 5.91 Å². The van der Waals surface area contributed by atoms with E-state index >= 15 is 0 Å². The number of ether oxygens (including phenoxy) is 1. The van der Waals surface area contributed by atoms with Gasteiger partial charge in [0, 0.05) is 18.5 Å². The third-order valence-electron chi connectivity index (χ3n) is 4.27. The first kappa shape index (κ1) is 19.0. The van der Waals surface area contributed by atoms with Crippen LogP contribution in [0.15, 0.2) is 47.4 Å². The summed E-state index contributed by atoms with van der Waals surface area (Å²) in [6.45, 7) is 2.10. The Morgan fingerprint density at radius 2 is 2.00 bits per heavy atom. The molecule has 1 aliphatic heterocycles. The minimum absolute atomic E-state index is 0.106. The van der Waals surface area contributed by atoms with Gasteiger partial charge in [-0.25, -0.2) is 4.79 Å². The number of fused-ring (bicyclic) bond motifs is 1. The topological polar surface area (TPSA) is 75.7 Å². The van der Waals surface area contributed by atoms with Crippen LogP contribution in [-0.2, 0) is 20.9 Å². The summed E-state index contributed by atoms with van der Waals surface area (Å²) in [5.74, 6) is -0.627. The van der Waals surface area contributed by atoms with Gasteiger partial charge in [-0.1, -0.05) is 24.3 Å². The summed E-state index contributed by atoms with van der Waals surface area (Å²) in [6.07, 6.45) is 0. The number of nitrogens with zero attached hydrogens (tertiary/aromatic N) is 1. The van der Waals surface area contributed by atoms with Crippen LogP contribution in [0, 0.1) is 6.92 Å². The van der Waals surface area contributed by atoms with Gasteiger partial charge in [0.05, 0.1) is 17.0 Å². The first-order chi connectivity index (χ1) is 12.9. The molecule has 0 bridgehead atoms. The number of rotatable bonds is 5. The molecule has 1 heterocycles. The minimum atomic E-state index is -0.597. The van der Waals surface area contributed by atoms with E-state index in [1.807, 2.05) is 31.2 Å². The molecular formula is C20H20N2O4S. The van der Waals surface area contributed by atoms with Crippen LogP contribution in [0.25, 0.3) is 0 Å². The van der Waals surface area contributed by atoms with E-state index in [4.69, 9.17) is 4.74 Å². The van der Waals surface area contributed by atoms with Crippen LogP contribution in [0.2, 0.25) is 0 Å². The van der Waals surface area contributed by atoms with Crippen LogP contribution in [0.1, 0.15) is 21.5 Å². The normalized spacial score (nSPS) is 12.7. The maximum atomic E-state index is 12.3. The largest absolute Gasteiger partial charge is 0.452 e. The predicted molar refractivity (Wildman–Crippen MR) is 104 cm³/mol. The molecule has 0 radical (unpaired) electrons. The Hall–Kier alpha value is -2.80. The van der Waals surface area contributed by atoms with Crippen molar-refractivity contribution in [2.75, 3.05) is 24.7 Å². The van der Waals surface area contributed by atoms with Crippen molar-refractivity contribution in [2.24, 2.45) is 0 Å². The Kier molecular flexibility index (Phi) is 5.81. The molecule has 0 saturated heterocycles. The molecule has 27 heavy (non-hydrogen) atoms. The van der Waals surface area contributed by atoms with Crippen molar-refractivity contribution in [3.8, 4) is 0 Å². The fourth-order valence-corrected chi connectivity index (χ4v) is 3.45. The highest BCUT2D eigenvalue weighted by molar-refractivity contribution is 8.00. The third-order valence-corrected chi connectivity index (χ3v) is 5.34. The van der Waals surface area contributed by atoms with Gasteiger partial charge in [-0.15, -0.1) is 11.8 Å². The zero-order chi connectivity index (χ0) is 19.4. The Labute approximate surface area is 161 Å². The molecule has 3 rings (SSSR count). The fraction of sp³-hybridized carbons (Fsp3) is 0.250. The maximum absolute atomic E-state index is 12.3. The van der Waals surface area contributed by atoms with Crippen molar-refractivity contribution in [3.05, 3.63) is 59.2 Å². The van der Waals surface area contributed by atoms with Crippen molar-refractivity contribution in [3.63, 3.8) is 0 Å². The Balaban J connectivity index is 1.57. The molecule has 1 aliphatic rings. The minimum Gasteiger partial charge on any atom is -0.452 e. The first-order valence-corrected chi connectivity index (χ1v) is 9.45. The van der Waals surface area contributed by atoms with Crippen LogP contribution >= 0.6 is 11.8 Å². The molecule has 140 valence electrons. The first-order valence-electron chi connectivity index (χ1n) is 8.46. The monoisotopic (exact) mass is 384 g/mol. The zero-order valence-electron chi connectivity index (χ0n) is 15.2. The van der Waals surface area contributed by atoms with Crippen molar-refractivity contribution < 1.29 is 19.1 Å². The standard InChI is InChI=1S/C20H20N2O4S/c1-13-5-3-4-6-15(13)10-22(2)19(24)11-26-20(25)14-7-8-17-16(9-14)21-18(23)12-27-17/h3-9H,10-12H2,1-2H3,(H,21,23). The Morgan fingerprint density at radius 1 is 1.22 bits per heavy atom. The SMILES string of the molecule is Cc1ccccc1CN(C)C(=O)COC(=O)c1ccc2c(c1)NC(=O)CS2. The smallest absolute Gasteiger partial charge is 0.338 e. The van der Waals surface area contributed by atoms with Gasteiger partial charge in [0.1, 0.15) is 0 Å². The second-order valence-corrected chi connectivity index (χ2v) is 7.32. The summed E-state index contributed by atoms with van der Waals surface area (Å²) < 4.78 is 5.15. The van der Waals surface area contributed by atoms with Crippen LogP contribution in [-0.4, -0.2) is 42.1 Å². The molecule has 0 aromatic heterocycles. The summed E-state index contributed by atoms with van der Waals surface area (Å²) in [5, 5.41) is 2.73. The quantitative estimate of drug-likeness (QED) is 0.803. The number of thioether (sulfide) groups is 1. The molecule has 7 heteroatoms. The van der Waals surface area contributed by atoms with Crippen molar-refractivity contribution in [2.45, 2.75) is 18.4 Å². The summed E-state index contributed by atoms with van der Waals surface area (Å²) >= 11 is 1.42. The lowest BCUT2D eigenvalue weighted by Crippen LogP contribution is -2.31. The number of aryl methyl sites for hydroxylation is 1. The van der Waals surface area contributed by atoms with Crippen LogP contribution in [0.4, 0.5) is 5.69 Å². The lowest BCUT2D eigenvalue weighted by atomic mass is 10.1. The lowest BCUT2D eigenvalue weighted by molar-refractivity contribution is -0.133. The second kappa shape index (κ2) is 8.26. The van der Waals surface area contributed by atoms with E-state index in [1.54, 1.807) is 25.2 Å². The van der Waals surface area contributed by atoms with Gasteiger partial charge >= 0.3 is 5.97 Å². The van der Waals surface area contributed by atoms with E-state index < -0.39 is 5.97 Å².